The van der Waals surface area contributed by atoms with Crippen LogP contribution in [0.2, 0.25) is 0 Å². The maximum Gasteiger partial charge on any atom is 0.226 e. The number of amides is 1. The van der Waals surface area contributed by atoms with E-state index in [0.717, 1.165) is 0 Å². The van der Waals surface area contributed by atoms with Crippen molar-refractivity contribution in [2.24, 2.45) is 5.92 Å². The number of nitrogens with zero attached hydrogens (tertiary/aromatic N) is 1. The van der Waals surface area contributed by atoms with Gasteiger partial charge < -0.3 is 15.6 Å². The number of halogens is 2. The van der Waals surface area contributed by atoms with Crippen molar-refractivity contribution in [1.82, 2.24) is 10.4 Å². The van der Waals surface area contributed by atoms with Crippen molar-refractivity contribution in [1.29, 1.82) is 0 Å². The molecule has 1 rings (SSSR count). The molecule has 0 atom stereocenters. The molecule has 15 heavy (non-hydrogen) atoms. The van der Waals surface area contributed by atoms with E-state index in [4.69, 9.17) is 23.2 Å². The van der Waals surface area contributed by atoms with Crippen LogP contribution in [0, 0.1) is 11.1 Å². The highest BCUT2D eigenvalue weighted by Crippen LogP contribution is 2.25. The Morgan fingerprint density at radius 1 is 1.60 bits per heavy atom. The zero-order chi connectivity index (χ0) is 11.6. The largest absolute Gasteiger partial charge is 0.758 e. The Balaban J connectivity index is 2.82. The van der Waals surface area contributed by atoms with Gasteiger partial charge in [0.1, 0.15) is 0 Å². The molecule has 6 heteroatoms. The van der Waals surface area contributed by atoms with Gasteiger partial charge in [-0.25, -0.2) is 0 Å². The highest BCUT2D eigenvalue weighted by molar-refractivity contribution is 6.36. The van der Waals surface area contributed by atoms with Crippen LogP contribution in [0.25, 0.3) is 0 Å². The Labute approximate surface area is 98.1 Å². The highest BCUT2D eigenvalue weighted by Gasteiger charge is 2.17. The molecule has 0 fully saturated rings. The van der Waals surface area contributed by atoms with Gasteiger partial charge in [0, 0.05) is 18.7 Å². The molecule has 0 saturated carbocycles. The minimum absolute atomic E-state index is 0.00544. The van der Waals surface area contributed by atoms with Crippen LogP contribution < -0.4 is 5.32 Å². The van der Waals surface area contributed by atoms with Gasteiger partial charge in [0.05, 0.1) is 15.8 Å². The lowest BCUT2D eigenvalue weighted by Crippen LogP contribution is -2.31. The molecule has 0 aliphatic carbocycles. The first-order valence-corrected chi connectivity index (χ1v) is 5.18. The second-order valence-electron chi connectivity index (χ2n) is 3.48. The van der Waals surface area contributed by atoms with Crippen LogP contribution in [-0.2, 0) is 4.79 Å². The smallest absolute Gasteiger partial charge is 0.226 e. The summed E-state index contributed by atoms with van der Waals surface area (Å²) in [4.78, 5) is 11.4. The minimum atomic E-state index is -0.186. The molecule has 0 radical (unpaired) electrons. The molecule has 1 heterocycles. The molecule has 0 saturated heterocycles. The summed E-state index contributed by atoms with van der Waals surface area (Å²) >= 11 is 11.6. The number of hydrogen-bond donors (Lipinski definition) is 1. The number of nitrogens with one attached hydrogen (secondary N) is 1. The Hall–Kier alpha value is -0.710. The number of allylic oxidation sites excluding steroid dienone is 1. The van der Waals surface area contributed by atoms with Crippen molar-refractivity contribution < 1.29 is 4.79 Å². The van der Waals surface area contributed by atoms with Gasteiger partial charge in [0.2, 0.25) is 5.91 Å². The Morgan fingerprint density at radius 2 is 2.20 bits per heavy atom. The minimum Gasteiger partial charge on any atom is -0.758 e. The van der Waals surface area contributed by atoms with E-state index in [1.54, 1.807) is 13.8 Å². The summed E-state index contributed by atoms with van der Waals surface area (Å²) in [5.74, 6) is -0.356. The lowest BCUT2D eigenvalue weighted by atomic mass is 10.2. The summed E-state index contributed by atoms with van der Waals surface area (Å²) in [5, 5.41) is 14.6. The molecule has 0 spiro atoms. The summed E-state index contributed by atoms with van der Waals surface area (Å²) in [6, 6.07) is 0. The second-order valence-corrected chi connectivity index (χ2v) is 4.34. The van der Waals surface area contributed by atoms with Gasteiger partial charge in [-0.15, -0.1) is 0 Å². The summed E-state index contributed by atoms with van der Waals surface area (Å²) in [7, 11) is 0. The molecule has 1 aliphatic rings. The van der Waals surface area contributed by atoms with Gasteiger partial charge in [-0.05, 0) is 0 Å². The highest BCUT2D eigenvalue weighted by atomic mass is 35.5. The molecule has 0 aromatic heterocycles. The molecule has 1 aliphatic heterocycles. The van der Waals surface area contributed by atoms with Crippen molar-refractivity contribution in [3.8, 4) is 0 Å². The van der Waals surface area contributed by atoms with Crippen LogP contribution in [0.4, 0.5) is 0 Å². The maximum absolute atomic E-state index is 11.4. The van der Waals surface area contributed by atoms with Gasteiger partial charge in [0.25, 0.3) is 0 Å². The van der Waals surface area contributed by atoms with Crippen LogP contribution in [0.1, 0.15) is 13.8 Å². The van der Waals surface area contributed by atoms with E-state index in [1.165, 1.54) is 6.20 Å². The topological polar surface area (TPSA) is 55.4 Å². The molecular weight excluding hydrogens is 239 g/mol. The summed E-state index contributed by atoms with van der Waals surface area (Å²) in [5.41, 5.74) is 0.323. The van der Waals surface area contributed by atoms with Gasteiger partial charge in [-0.3, -0.25) is 4.79 Å². The Bertz CT molecular complexity index is 337. The number of hydrogen-bond acceptors (Lipinski definition) is 3. The van der Waals surface area contributed by atoms with Gasteiger partial charge >= 0.3 is 0 Å². The normalized spacial score (nSPS) is 16.9. The lowest BCUT2D eigenvalue weighted by Gasteiger charge is -2.31. The van der Waals surface area contributed by atoms with Gasteiger partial charge in [0.15, 0.2) is 0 Å². The third-order valence-corrected chi connectivity index (χ3v) is 2.43. The standard InChI is InChI=1S/C9H11Cl2N2O2/c1-5(2)9(14)12-8-6(10)3-13(15)4-7(8)11/h3,5H,4H2,1-2H3,(H,12,14)/q-1. The number of rotatable bonds is 2. The fourth-order valence-electron chi connectivity index (χ4n) is 0.977. The van der Waals surface area contributed by atoms with Crippen LogP contribution in [-0.4, -0.2) is 17.5 Å². The third kappa shape index (κ3) is 3.12. The quantitative estimate of drug-likeness (QED) is 0.816. The Kier molecular flexibility index (Phi) is 4.02. The van der Waals surface area contributed by atoms with Crippen molar-refractivity contribution in [2.45, 2.75) is 13.8 Å². The van der Waals surface area contributed by atoms with Crippen molar-refractivity contribution in [3.05, 3.63) is 27.2 Å². The van der Waals surface area contributed by atoms with Crippen LogP contribution in [0.3, 0.4) is 0 Å². The average molecular weight is 250 g/mol. The van der Waals surface area contributed by atoms with E-state index in [0.29, 0.717) is 10.8 Å². The zero-order valence-corrected chi connectivity index (χ0v) is 9.89. The molecule has 0 aromatic rings. The van der Waals surface area contributed by atoms with E-state index < -0.39 is 0 Å². The molecule has 1 amide bonds. The number of hydroxylamine groups is 2. The monoisotopic (exact) mass is 249 g/mol. The zero-order valence-electron chi connectivity index (χ0n) is 8.38. The van der Waals surface area contributed by atoms with Gasteiger partial charge in [-0.1, -0.05) is 37.0 Å². The summed E-state index contributed by atoms with van der Waals surface area (Å²) in [6.45, 7) is 3.51. The van der Waals surface area contributed by atoms with E-state index in [9.17, 15) is 10.0 Å². The van der Waals surface area contributed by atoms with Crippen LogP contribution >= 0.6 is 23.2 Å². The first kappa shape index (κ1) is 12.4. The lowest BCUT2D eigenvalue weighted by molar-refractivity contribution is -0.123. The van der Waals surface area contributed by atoms with Gasteiger partial charge in [-0.2, -0.15) is 0 Å². The molecule has 1 N–H and O–H groups in total. The summed E-state index contributed by atoms with van der Waals surface area (Å²) < 4.78 is 0. The fourth-order valence-corrected chi connectivity index (χ4v) is 1.56. The molecule has 0 unspecified atom stereocenters. The van der Waals surface area contributed by atoms with Crippen LogP contribution in [0.15, 0.2) is 22.0 Å². The third-order valence-electron chi connectivity index (χ3n) is 1.83. The SMILES string of the molecule is CC(C)C(=O)NC1=C(Cl)CN([O-])C=C1Cl. The van der Waals surface area contributed by atoms with E-state index in [-0.39, 0.29) is 28.4 Å². The number of carbonyl (C=O) groups excluding carboxylic acids is 1. The molecule has 4 nitrogen and oxygen atoms in total. The second kappa shape index (κ2) is 4.88. The Morgan fingerprint density at radius 3 is 2.67 bits per heavy atom. The van der Waals surface area contributed by atoms with E-state index in [1.807, 2.05) is 0 Å². The predicted octanol–water partition coefficient (Wildman–Crippen LogP) is 2.10. The van der Waals surface area contributed by atoms with E-state index in [2.05, 4.69) is 5.32 Å². The van der Waals surface area contributed by atoms with Crippen LogP contribution in [0.5, 0.6) is 0 Å². The molecule has 84 valence electrons. The molecule has 0 aromatic carbocycles. The number of carbonyl (C=O) groups is 1. The molecular formula is C9H11Cl2N2O2-. The first-order valence-electron chi connectivity index (χ1n) is 4.42. The summed E-state index contributed by atoms with van der Waals surface area (Å²) in [6.07, 6.45) is 1.18. The molecule has 0 bridgehead atoms. The van der Waals surface area contributed by atoms with Crippen molar-refractivity contribution >= 4 is 29.1 Å². The maximum atomic E-state index is 11.4. The van der Waals surface area contributed by atoms with Crippen molar-refractivity contribution in [2.75, 3.05) is 6.54 Å². The van der Waals surface area contributed by atoms with Crippen molar-refractivity contribution in [3.63, 3.8) is 0 Å². The van der Waals surface area contributed by atoms with E-state index >= 15 is 0 Å². The fraction of sp³-hybridized carbons (Fsp3) is 0.444. The average Bonchev–Trinajstić information content (AvgIpc) is 2.10. The predicted molar refractivity (Wildman–Crippen MR) is 59.9 cm³/mol. The first-order chi connectivity index (χ1) is 6.91.